The van der Waals surface area contributed by atoms with Crippen molar-refractivity contribution in [2.24, 2.45) is 5.41 Å². The van der Waals surface area contributed by atoms with Crippen LogP contribution in [-0.4, -0.2) is 35.3 Å². The van der Waals surface area contributed by atoms with Gasteiger partial charge in [0.15, 0.2) is 5.41 Å². The van der Waals surface area contributed by atoms with E-state index in [2.05, 4.69) is 4.98 Å². The summed E-state index contributed by atoms with van der Waals surface area (Å²) in [5.41, 5.74) is -4.22. The van der Waals surface area contributed by atoms with Gasteiger partial charge in [0.2, 0.25) is 0 Å². The van der Waals surface area contributed by atoms with Gasteiger partial charge in [-0.25, -0.2) is 4.98 Å². The molecule has 5 nitrogen and oxygen atoms in total. The van der Waals surface area contributed by atoms with E-state index in [0.717, 1.165) is 23.2 Å². The smallest absolute Gasteiger partial charge is 0.355 e. The fraction of sp³-hybridized carbons (Fsp3) is 0.545. The van der Waals surface area contributed by atoms with Crippen LogP contribution in [0.5, 0.6) is 0 Å². The summed E-state index contributed by atoms with van der Waals surface area (Å²) < 4.78 is 77.5. The number of pyridine rings is 1. The molecule has 0 N–H and O–H groups in total. The average Bonchev–Trinajstić information content (AvgIpc) is 2.84. The molecule has 122 valence electrons. The van der Waals surface area contributed by atoms with Gasteiger partial charge < -0.3 is 4.90 Å². The Morgan fingerprint density at radius 1 is 1.18 bits per heavy atom. The van der Waals surface area contributed by atoms with E-state index in [4.69, 9.17) is 0 Å². The Balaban J connectivity index is 2.29. The average molecular weight is 329 g/mol. The van der Waals surface area contributed by atoms with Gasteiger partial charge in [-0.3, -0.25) is 10.1 Å². The SMILES string of the molecule is O=[N+]([O-])c1ccc(N2CCC(C(F)(F)F)(C(F)(F)F)C2)nc1. The van der Waals surface area contributed by atoms with E-state index in [1.807, 2.05) is 0 Å². The van der Waals surface area contributed by atoms with Crippen LogP contribution in [0.2, 0.25) is 0 Å². The lowest BCUT2D eigenvalue weighted by Gasteiger charge is -2.33. The first kappa shape index (κ1) is 16.3. The van der Waals surface area contributed by atoms with Gasteiger partial charge in [-0.05, 0) is 12.5 Å². The molecule has 0 radical (unpaired) electrons. The summed E-state index contributed by atoms with van der Waals surface area (Å²) in [6.45, 7) is -1.81. The maximum absolute atomic E-state index is 12.9. The van der Waals surface area contributed by atoms with E-state index in [-0.39, 0.29) is 5.82 Å². The summed E-state index contributed by atoms with van der Waals surface area (Å²) in [5, 5.41) is 10.5. The molecule has 2 heterocycles. The number of aromatic nitrogens is 1. The fourth-order valence-corrected chi connectivity index (χ4v) is 2.30. The third kappa shape index (κ3) is 2.55. The molecule has 0 atom stereocenters. The quantitative estimate of drug-likeness (QED) is 0.474. The maximum atomic E-state index is 12.9. The predicted molar refractivity (Wildman–Crippen MR) is 62.3 cm³/mol. The Labute approximate surface area is 119 Å². The molecule has 0 unspecified atom stereocenters. The number of anilines is 1. The van der Waals surface area contributed by atoms with Crippen molar-refractivity contribution in [3.63, 3.8) is 0 Å². The fourth-order valence-electron chi connectivity index (χ4n) is 2.30. The summed E-state index contributed by atoms with van der Waals surface area (Å²) >= 11 is 0. The predicted octanol–water partition coefficient (Wildman–Crippen LogP) is 3.31. The molecule has 0 spiro atoms. The van der Waals surface area contributed by atoms with E-state index < -0.39 is 47.9 Å². The first-order valence-electron chi connectivity index (χ1n) is 5.97. The molecule has 1 aliphatic rings. The van der Waals surface area contributed by atoms with Crippen molar-refractivity contribution in [2.75, 3.05) is 18.0 Å². The number of alkyl halides is 6. The zero-order valence-corrected chi connectivity index (χ0v) is 10.8. The van der Waals surface area contributed by atoms with Crippen LogP contribution in [0.25, 0.3) is 0 Å². The molecule has 22 heavy (non-hydrogen) atoms. The summed E-state index contributed by atoms with van der Waals surface area (Å²) in [6.07, 6.45) is -11.2. The number of nitrogens with zero attached hydrogens (tertiary/aromatic N) is 3. The molecule has 1 saturated heterocycles. The number of halogens is 6. The molecule has 2 rings (SSSR count). The third-order valence-electron chi connectivity index (χ3n) is 3.62. The van der Waals surface area contributed by atoms with E-state index in [1.165, 1.54) is 0 Å². The molecule has 1 aromatic rings. The lowest BCUT2D eigenvalue weighted by atomic mass is 9.85. The minimum atomic E-state index is -5.44. The number of rotatable bonds is 2. The van der Waals surface area contributed by atoms with Crippen LogP contribution < -0.4 is 4.90 Å². The van der Waals surface area contributed by atoms with Crippen molar-refractivity contribution in [3.05, 3.63) is 28.4 Å². The second kappa shape index (κ2) is 4.99. The van der Waals surface area contributed by atoms with Gasteiger partial charge >= 0.3 is 12.4 Å². The van der Waals surface area contributed by atoms with Crippen molar-refractivity contribution < 1.29 is 31.3 Å². The minimum absolute atomic E-state index is 0.166. The Bertz CT molecular complexity index is 555. The summed E-state index contributed by atoms with van der Waals surface area (Å²) in [5.74, 6) is -0.166. The van der Waals surface area contributed by atoms with E-state index in [1.54, 1.807) is 0 Å². The van der Waals surface area contributed by atoms with Crippen molar-refractivity contribution in [2.45, 2.75) is 18.8 Å². The van der Waals surface area contributed by atoms with Crippen molar-refractivity contribution in [1.29, 1.82) is 0 Å². The van der Waals surface area contributed by atoms with E-state index >= 15 is 0 Å². The van der Waals surface area contributed by atoms with Gasteiger partial charge in [0.25, 0.3) is 5.69 Å². The third-order valence-corrected chi connectivity index (χ3v) is 3.62. The first-order valence-corrected chi connectivity index (χ1v) is 5.97. The Morgan fingerprint density at radius 2 is 1.77 bits per heavy atom. The highest BCUT2D eigenvalue weighted by Gasteiger charge is 2.72. The lowest BCUT2D eigenvalue weighted by Crippen LogP contribution is -2.51. The van der Waals surface area contributed by atoms with Crippen LogP contribution in [0, 0.1) is 15.5 Å². The van der Waals surface area contributed by atoms with E-state index in [9.17, 15) is 36.5 Å². The maximum Gasteiger partial charge on any atom is 0.404 e. The first-order chi connectivity index (χ1) is 9.98. The molecular weight excluding hydrogens is 320 g/mol. The highest BCUT2D eigenvalue weighted by Crippen LogP contribution is 2.55. The van der Waals surface area contributed by atoms with E-state index in [0.29, 0.717) is 0 Å². The molecule has 1 fully saturated rings. The molecular formula is C11H9F6N3O2. The van der Waals surface area contributed by atoms with Gasteiger partial charge in [-0.1, -0.05) is 0 Å². The lowest BCUT2D eigenvalue weighted by molar-refractivity contribution is -0.385. The monoisotopic (exact) mass is 329 g/mol. The van der Waals surface area contributed by atoms with Crippen LogP contribution in [0.1, 0.15) is 6.42 Å². The second-order valence-electron chi connectivity index (χ2n) is 4.88. The molecule has 0 amide bonds. The Kier molecular flexibility index (Phi) is 3.70. The van der Waals surface area contributed by atoms with Gasteiger partial charge in [0.05, 0.1) is 4.92 Å². The summed E-state index contributed by atoms with van der Waals surface area (Å²) in [7, 11) is 0. The van der Waals surface area contributed by atoms with Crippen LogP contribution >= 0.6 is 0 Å². The topological polar surface area (TPSA) is 59.3 Å². The zero-order valence-electron chi connectivity index (χ0n) is 10.8. The standard InChI is InChI=1S/C11H9F6N3O2/c12-10(13,14)9(11(15,16)17)3-4-19(6-9)8-2-1-7(5-18-8)20(21)22/h1-2,5H,3-4,6H2. The Hall–Kier alpha value is -2.07. The summed E-state index contributed by atoms with van der Waals surface area (Å²) in [6, 6.07) is 2.00. The van der Waals surface area contributed by atoms with Crippen LogP contribution in [0.4, 0.5) is 37.8 Å². The molecule has 0 saturated carbocycles. The van der Waals surface area contributed by atoms with Gasteiger partial charge in [0, 0.05) is 19.2 Å². The normalized spacial score (nSPS) is 18.5. The molecule has 0 aliphatic carbocycles. The molecule has 1 aromatic heterocycles. The minimum Gasteiger partial charge on any atom is -0.355 e. The van der Waals surface area contributed by atoms with Crippen LogP contribution in [0.15, 0.2) is 18.3 Å². The molecule has 11 heteroatoms. The Morgan fingerprint density at radius 3 is 2.14 bits per heavy atom. The molecule has 0 aromatic carbocycles. The molecule has 1 aliphatic heterocycles. The number of hydrogen-bond acceptors (Lipinski definition) is 4. The zero-order chi connectivity index (χ0) is 16.8. The molecule has 0 bridgehead atoms. The highest BCUT2D eigenvalue weighted by atomic mass is 19.4. The number of nitro groups is 1. The van der Waals surface area contributed by atoms with Gasteiger partial charge in [-0.2, -0.15) is 26.3 Å². The van der Waals surface area contributed by atoms with Gasteiger partial charge in [-0.15, -0.1) is 0 Å². The highest BCUT2D eigenvalue weighted by molar-refractivity contribution is 5.44. The number of hydrogen-bond donors (Lipinski definition) is 0. The van der Waals surface area contributed by atoms with Crippen molar-refractivity contribution in [3.8, 4) is 0 Å². The van der Waals surface area contributed by atoms with Crippen LogP contribution in [0.3, 0.4) is 0 Å². The van der Waals surface area contributed by atoms with Gasteiger partial charge in [0.1, 0.15) is 12.0 Å². The second-order valence-corrected chi connectivity index (χ2v) is 4.88. The largest absolute Gasteiger partial charge is 0.404 e. The van der Waals surface area contributed by atoms with Crippen molar-refractivity contribution >= 4 is 11.5 Å². The van der Waals surface area contributed by atoms with Crippen LogP contribution in [-0.2, 0) is 0 Å². The summed E-state index contributed by atoms with van der Waals surface area (Å²) in [4.78, 5) is 14.1. The van der Waals surface area contributed by atoms with Crippen molar-refractivity contribution in [1.82, 2.24) is 4.98 Å².